The van der Waals surface area contributed by atoms with Crippen molar-refractivity contribution < 1.29 is 9.53 Å². The number of hydrogen-bond acceptors (Lipinski definition) is 6. The average Bonchev–Trinajstić information content (AvgIpc) is 3.56. The van der Waals surface area contributed by atoms with Gasteiger partial charge in [0.2, 0.25) is 0 Å². The molecule has 2 aromatic carbocycles. The smallest absolute Gasteiger partial charge is 0.255 e. The van der Waals surface area contributed by atoms with E-state index < -0.39 is 0 Å². The number of rotatable bonds is 9. The van der Waals surface area contributed by atoms with Crippen LogP contribution in [0.1, 0.15) is 43.9 Å². The van der Waals surface area contributed by atoms with E-state index in [4.69, 9.17) is 10.5 Å². The van der Waals surface area contributed by atoms with Crippen LogP contribution in [0.3, 0.4) is 0 Å². The van der Waals surface area contributed by atoms with Crippen molar-refractivity contribution in [2.75, 3.05) is 12.8 Å². The number of methoxy groups -OCH3 is 1. The number of nitrogens with zero attached hydrogens (tertiary/aromatic N) is 5. The number of carbonyl (C=O) groups excluding carboxylic acids is 1. The van der Waals surface area contributed by atoms with Crippen LogP contribution in [0.5, 0.6) is 0 Å². The van der Waals surface area contributed by atoms with E-state index in [-0.39, 0.29) is 12.5 Å². The molecule has 0 spiro atoms. The normalized spacial score (nSPS) is 11.2. The van der Waals surface area contributed by atoms with Gasteiger partial charge >= 0.3 is 0 Å². The van der Waals surface area contributed by atoms with E-state index in [1.165, 1.54) is 0 Å². The van der Waals surface area contributed by atoms with Crippen molar-refractivity contribution in [2.45, 2.75) is 40.1 Å². The van der Waals surface area contributed by atoms with Crippen molar-refractivity contribution >= 4 is 22.5 Å². The summed E-state index contributed by atoms with van der Waals surface area (Å²) in [5, 5.41) is 13.8. The summed E-state index contributed by atoms with van der Waals surface area (Å²) in [4.78, 5) is 17.5. The maximum Gasteiger partial charge on any atom is 0.255 e. The lowest BCUT2D eigenvalue weighted by atomic mass is 9.96. The minimum Gasteiger partial charge on any atom is -0.383 e. The molecular weight excluding hydrogens is 478 g/mol. The zero-order chi connectivity index (χ0) is 26.6. The number of aryl methyl sites for hydroxylation is 2. The summed E-state index contributed by atoms with van der Waals surface area (Å²) in [7, 11) is 1.62. The number of benzene rings is 2. The standard InChI is InChI=1S/C29H31N7O2/c1-19-13-24-23(9-11-31-28(24)30)20(2)25(19)14-32-29(37)26-15-34-36(27(26)18-38-3)17-22-7-5-21(6-8-22)16-35-12-4-10-33-35/h4-13,15H,14,16-18H2,1-3H3,(H2,30,31)(H,32,37). The number of nitrogens with two attached hydrogens (primary N) is 1. The lowest BCUT2D eigenvalue weighted by Crippen LogP contribution is -2.25. The molecule has 0 aliphatic rings. The number of pyridine rings is 1. The Morgan fingerprint density at radius 1 is 1.03 bits per heavy atom. The summed E-state index contributed by atoms with van der Waals surface area (Å²) in [5.41, 5.74) is 12.8. The van der Waals surface area contributed by atoms with Gasteiger partial charge in [0.15, 0.2) is 0 Å². The molecule has 0 aliphatic carbocycles. The van der Waals surface area contributed by atoms with Crippen LogP contribution in [0.25, 0.3) is 10.8 Å². The van der Waals surface area contributed by atoms with Gasteiger partial charge in [0.05, 0.1) is 37.2 Å². The van der Waals surface area contributed by atoms with E-state index >= 15 is 0 Å². The highest BCUT2D eigenvalue weighted by Crippen LogP contribution is 2.28. The maximum absolute atomic E-state index is 13.3. The van der Waals surface area contributed by atoms with Crippen LogP contribution in [0, 0.1) is 13.8 Å². The monoisotopic (exact) mass is 509 g/mol. The molecule has 0 saturated heterocycles. The quantitative estimate of drug-likeness (QED) is 0.311. The maximum atomic E-state index is 13.3. The van der Waals surface area contributed by atoms with Gasteiger partial charge in [-0.05, 0) is 65.3 Å². The van der Waals surface area contributed by atoms with E-state index in [9.17, 15) is 4.79 Å². The number of nitrogens with one attached hydrogen (secondary N) is 1. The Bertz CT molecular complexity index is 1570. The first-order valence-corrected chi connectivity index (χ1v) is 12.4. The van der Waals surface area contributed by atoms with Gasteiger partial charge in [-0.2, -0.15) is 10.2 Å². The zero-order valence-electron chi connectivity index (χ0n) is 21.8. The number of hydrogen-bond donors (Lipinski definition) is 2. The van der Waals surface area contributed by atoms with E-state index in [1.807, 2.05) is 47.6 Å². The highest BCUT2D eigenvalue weighted by Gasteiger charge is 2.19. The molecule has 3 N–H and O–H groups in total. The fourth-order valence-electron chi connectivity index (χ4n) is 4.80. The first-order valence-electron chi connectivity index (χ1n) is 12.4. The van der Waals surface area contributed by atoms with Gasteiger partial charge in [-0.25, -0.2) is 4.98 Å². The second-order valence-corrected chi connectivity index (χ2v) is 9.39. The van der Waals surface area contributed by atoms with Crippen LogP contribution in [0.4, 0.5) is 5.82 Å². The molecule has 5 rings (SSSR count). The largest absolute Gasteiger partial charge is 0.383 e. The molecule has 9 nitrogen and oxygen atoms in total. The minimum absolute atomic E-state index is 0.189. The van der Waals surface area contributed by atoms with E-state index in [0.717, 1.165) is 44.3 Å². The second-order valence-electron chi connectivity index (χ2n) is 9.39. The molecule has 0 aliphatic heterocycles. The predicted molar refractivity (Wildman–Crippen MR) is 147 cm³/mol. The van der Waals surface area contributed by atoms with Crippen molar-refractivity contribution in [3.8, 4) is 0 Å². The van der Waals surface area contributed by atoms with E-state index in [0.29, 0.717) is 31.0 Å². The summed E-state index contributed by atoms with van der Waals surface area (Å²) in [6.07, 6.45) is 7.04. The number of carbonyl (C=O) groups is 1. The van der Waals surface area contributed by atoms with Crippen LogP contribution >= 0.6 is 0 Å². The Morgan fingerprint density at radius 2 is 1.79 bits per heavy atom. The molecule has 0 radical (unpaired) electrons. The predicted octanol–water partition coefficient (Wildman–Crippen LogP) is 4.00. The second kappa shape index (κ2) is 10.9. The fourth-order valence-corrected chi connectivity index (χ4v) is 4.80. The van der Waals surface area contributed by atoms with Crippen LogP contribution < -0.4 is 11.1 Å². The molecule has 194 valence electrons. The highest BCUT2D eigenvalue weighted by atomic mass is 16.5. The minimum atomic E-state index is -0.189. The lowest BCUT2D eigenvalue weighted by molar-refractivity contribution is 0.0945. The van der Waals surface area contributed by atoms with Gasteiger partial charge in [-0.15, -0.1) is 0 Å². The van der Waals surface area contributed by atoms with Crippen molar-refractivity contribution in [1.82, 2.24) is 29.9 Å². The third-order valence-electron chi connectivity index (χ3n) is 6.87. The van der Waals surface area contributed by atoms with E-state index in [1.54, 1.807) is 25.7 Å². The van der Waals surface area contributed by atoms with Crippen LogP contribution in [0.2, 0.25) is 0 Å². The van der Waals surface area contributed by atoms with Crippen LogP contribution in [0.15, 0.2) is 67.3 Å². The average molecular weight is 510 g/mol. The van der Waals surface area contributed by atoms with Gasteiger partial charge < -0.3 is 15.8 Å². The topological polar surface area (TPSA) is 113 Å². The summed E-state index contributed by atoms with van der Waals surface area (Å²) < 4.78 is 9.13. The number of nitrogen functional groups attached to an aromatic ring is 1. The van der Waals surface area contributed by atoms with Crippen molar-refractivity contribution in [3.63, 3.8) is 0 Å². The molecule has 1 amide bonds. The number of aromatic nitrogens is 5. The molecule has 5 aromatic rings. The molecule has 9 heteroatoms. The zero-order valence-corrected chi connectivity index (χ0v) is 21.8. The summed E-state index contributed by atoms with van der Waals surface area (Å²) >= 11 is 0. The third-order valence-corrected chi connectivity index (χ3v) is 6.87. The Kier molecular flexibility index (Phi) is 7.19. The molecule has 0 fully saturated rings. The molecule has 3 heterocycles. The molecule has 38 heavy (non-hydrogen) atoms. The number of amides is 1. The van der Waals surface area contributed by atoms with E-state index in [2.05, 4.69) is 44.8 Å². The van der Waals surface area contributed by atoms with Crippen molar-refractivity contribution in [2.24, 2.45) is 0 Å². The first kappa shape index (κ1) is 25.2. The molecular formula is C29H31N7O2. The van der Waals surface area contributed by atoms with Gasteiger partial charge in [0.25, 0.3) is 5.91 Å². The van der Waals surface area contributed by atoms with Crippen LogP contribution in [-0.4, -0.2) is 37.6 Å². The highest BCUT2D eigenvalue weighted by molar-refractivity contribution is 5.96. The molecule has 0 saturated carbocycles. The van der Waals surface area contributed by atoms with Gasteiger partial charge in [0.1, 0.15) is 5.82 Å². The fraction of sp³-hybridized carbons (Fsp3) is 0.241. The van der Waals surface area contributed by atoms with Gasteiger partial charge in [-0.1, -0.05) is 24.3 Å². The summed E-state index contributed by atoms with van der Waals surface area (Å²) in [6, 6.07) is 14.2. The van der Waals surface area contributed by atoms with Gasteiger partial charge in [-0.3, -0.25) is 14.2 Å². The van der Waals surface area contributed by atoms with Gasteiger partial charge in [0, 0.05) is 37.6 Å². The number of anilines is 1. The van der Waals surface area contributed by atoms with Crippen molar-refractivity contribution in [3.05, 3.63) is 106 Å². The molecule has 0 bridgehead atoms. The lowest BCUT2D eigenvalue weighted by Gasteiger charge is -2.15. The Balaban J connectivity index is 1.31. The Hall–Kier alpha value is -4.50. The first-order chi connectivity index (χ1) is 18.4. The molecule has 3 aromatic heterocycles. The number of fused-ring (bicyclic) bond motifs is 1. The SMILES string of the molecule is COCc1c(C(=O)NCc2c(C)cc3c(N)nccc3c2C)cnn1Cc1ccc(Cn2cccn2)cc1. The molecule has 0 unspecified atom stereocenters. The van der Waals surface area contributed by atoms with Crippen LogP contribution in [-0.2, 0) is 31.0 Å². The summed E-state index contributed by atoms with van der Waals surface area (Å²) in [6.45, 7) is 5.99. The third kappa shape index (κ3) is 5.14. The molecule has 0 atom stereocenters. The number of ether oxygens (including phenoxy) is 1. The Labute approximate surface area is 221 Å². The Morgan fingerprint density at radius 3 is 2.50 bits per heavy atom. The summed E-state index contributed by atoms with van der Waals surface area (Å²) in [5.74, 6) is 0.319. The van der Waals surface area contributed by atoms with Crippen molar-refractivity contribution in [1.29, 1.82) is 0 Å².